The Hall–Kier alpha value is -1.75. The van der Waals surface area contributed by atoms with E-state index < -0.39 is 0 Å². The molecule has 0 aliphatic carbocycles. The number of hydrogen-bond acceptors (Lipinski definition) is 2. The van der Waals surface area contributed by atoms with Crippen LogP contribution in [0, 0.1) is 0 Å². The minimum atomic E-state index is -0.301. The molecule has 132 valence electrons. The lowest BCUT2D eigenvalue weighted by Gasteiger charge is -2.20. The van der Waals surface area contributed by atoms with E-state index >= 15 is 0 Å². The van der Waals surface area contributed by atoms with Crippen LogP contribution in [0.3, 0.4) is 0 Å². The predicted molar refractivity (Wildman–Crippen MR) is 103 cm³/mol. The number of anilines is 1. The molecule has 2 amide bonds. The highest BCUT2D eigenvalue weighted by atomic mass is 35.5. The molecule has 0 saturated carbocycles. The zero-order valence-electron chi connectivity index (χ0n) is 13.6. The number of amides is 2. The minimum Gasteiger partial charge on any atom is -0.333 e. The Bertz CT molecular complexity index is 763. The van der Waals surface area contributed by atoms with Crippen LogP contribution in [0.25, 0.3) is 0 Å². The molecule has 0 saturated heterocycles. The Labute approximate surface area is 161 Å². The summed E-state index contributed by atoms with van der Waals surface area (Å²) in [7, 11) is 0. The number of rotatable bonds is 6. The van der Waals surface area contributed by atoms with Crippen LogP contribution in [-0.2, 0) is 16.0 Å². The molecule has 2 rings (SSSR count). The van der Waals surface area contributed by atoms with Crippen molar-refractivity contribution >= 4 is 52.3 Å². The monoisotopic (exact) mass is 398 g/mol. The van der Waals surface area contributed by atoms with Crippen molar-refractivity contribution in [3.05, 3.63) is 63.1 Å². The summed E-state index contributed by atoms with van der Waals surface area (Å²) in [5, 5.41) is 4.13. The molecule has 0 atom stereocenters. The highest BCUT2D eigenvalue weighted by molar-refractivity contribution is 6.42. The zero-order valence-corrected chi connectivity index (χ0v) is 15.8. The van der Waals surface area contributed by atoms with Gasteiger partial charge in [-0.1, -0.05) is 46.9 Å². The second-order valence-corrected chi connectivity index (χ2v) is 6.74. The van der Waals surface area contributed by atoms with Crippen LogP contribution >= 0.6 is 34.8 Å². The van der Waals surface area contributed by atoms with E-state index in [1.165, 1.54) is 11.8 Å². The van der Waals surface area contributed by atoms with Crippen LogP contribution in [0.1, 0.15) is 12.5 Å². The molecule has 0 radical (unpaired) electrons. The average Bonchev–Trinajstić information content (AvgIpc) is 2.56. The van der Waals surface area contributed by atoms with Crippen molar-refractivity contribution < 1.29 is 9.59 Å². The largest absolute Gasteiger partial charge is 0.333 e. The molecule has 0 aliphatic rings. The van der Waals surface area contributed by atoms with E-state index in [0.29, 0.717) is 33.7 Å². The fourth-order valence-electron chi connectivity index (χ4n) is 2.21. The highest BCUT2D eigenvalue weighted by Crippen LogP contribution is 2.24. The zero-order chi connectivity index (χ0) is 18.4. The molecule has 0 spiro atoms. The van der Waals surface area contributed by atoms with Gasteiger partial charge in [-0.25, -0.2) is 0 Å². The number of nitrogens with one attached hydrogen (secondary N) is 1. The molecule has 2 aromatic carbocycles. The van der Waals surface area contributed by atoms with Gasteiger partial charge in [0.05, 0.1) is 16.6 Å². The molecule has 0 unspecified atom stereocenters. The first-order valence-corrected chi connectivity index (χ1v) is 8.73. The first-order valence-electron chi connectivity index (χ1n) is 7.60. The number of benzene rings is 2. The molecule has 25 heavy (non-hydrogen) atoms. The summed E-state index contributed by atoms with van der Waals surface area (Å²) in [6.07, 6.45) is 0.636. The molecule has 1 N–H and O–H groups in total. The van der Waals surface area contributed by atoms with Crippen LogP contribution in [-0.4, -0.2) is 29.8 Å². The lowest BCUT2D eigenvalue weighted by molar-refractivity contribution is -0.132. The number of carbonyl (C=O) groups excluding carboxylic acids is 2. The summed E-state index contributed by atoms with van der Waals surface area (Å²) in [4.78, 5) is 25.5. The van der Waals surface area contributed by atoms with Crippen molar-refractivity contribution in [3.63, 3.8) is 0 Å². The molecule has 0 bridgehead atoms. The van der Waals surface area contributed by atoms with Crippen molar-refractivity contribution in [1.29, 1.82) is 0 Å². The summed E-state index contributed by atoms with van der Waals surface area (Å²) in [6, 6.07) is 12.2. The van der Waals surface area contributed by atoms with Crippen LogP contribution < -0.4 is 5.32 Å². The Morgan fingerprint density at radius 3 is 2.28 bits per heavy atom. The van der Waals surface area contributed by atoms with Gasteiger partial charge >= 0.3 is 0 Å². The summed E-state index contributed by atoms with van der Waals surface area (Å²) in [5.74, 6) is -0.469. The van der Waals surface area contributed by atoms with Gasteiger partial charge in [-0.05, 0) is 42.3 Å². The van der Waals surface area contributed by atoms with E-state index in [4.69, 9.17) is 34.8 Å². The minimum absolute atomic E-state index is 0.0385. The smallest absolute Gasteiger partial charge is 0.243 e. The van der Waals surface area contributed by atoms with Crippen LogP contribution in [0.2, 0.25) is 15.1 Å². The summed E-state index contributed by atoms with van der Waals surface area (Å²) in [6.45, 7) is 1.84. The van der Waals surface area contributed by atoms with E-state index in [1.54, 1.807) is 30.3 Å². The SMILES string of the molecule is CC(=O)N(CCc1ccc(Cl)cc1)CC(=O)Nc1ccc(Cl)c(Cl)c1. The van der Waals surface area contributed by atoms with Crippen molar-refractivity contribution in [1.82, 2.24) is 4.90 Å². The van der Waals surface area contributed by atoms with Gasteiger partial charge in [0.25, 0.3) is 0 Å². The third kappa shape index (κ3) is 6.24. The molecule has 2 aromatic rings. The number of nitrogens with zero attached hydrogens (tertiary/aromatic N) is 1. The van der Waals surface area contributed by atoms with Gasteiger partial charge in [0.1, 0.15) is 0 Å². The third-order valence-corrected chi connectivity index (χ3v) is 4.56. The van der Waals surface area contributed by atoms with Crippen molar-refractivity contribution in [2.45, 2.75) is 13.3 Å². The van der Waals surface area contributed by atoms with E-state index in [9.17, 15) is 9.59 Å². The summed E-state index contributed by atoms with van der Waals surface area (Å²) in [5.41, 5.74) is 1.57. The molecule has 0 aliphatic heterocycles. The average molecular weight is 400 g/mol. The number of halogens is 3. The highest BCUT2D eigenvalue weighted by Gasteiger charge is 2.14. The van der Waals surface area contributed by atoms with E-state index in [2.05, 4.69) is 5.32 Å². The number of carbonyl (C=O) groups is 2. The number of hydrogen-bond donors (Lipinski definition) is 1. The maximum absolute atomic E-state index is 12.2. The summed E-state index contributed by atoms with van der Waals surface area (Å²) < 4.78 is 0. The van der Waals surface area contributed by atoms with Crippen LogP contribution in [0.15, 0.2) is 42.5 Å². The van der Waals surface area contributed by atoms with Crippen molar-refractivity contribution in [2.24, 2.45) is 0 Å². The third-order valence-electron chi connectivity index (χ3n) is 3.57. The molecular formula is C18H17Cl3N2O2. The standard InChI is InChI=1S/C18H17Cl3N2O2/c1-12(24)23(9-8-13-2-4-14(19)5-3-13)11-18(25)22-15-6-7-16(20)17(21)10-15/h2-7,10H,8-9,11H2,1H3,(H,22,25). The molecule has 7 heteroatoms. The Morgan fingerprint density at radius 2 is 1.68 bits per heavy atom. The Morgan fingerprint density at radius 1 is 1.00 bits per heavy atom. The van der Waals surface area contributed by atoms with Gasteiger partial charge in [-0.3, -0.25) is 9.59 Å². The lowest BCUT2D eigenvalue weighted by Crippen LogP contribution is -2.38. The van der Waals surface area contributed by atoms with Gasteiger partial charge in [0.2, 0.25) is 11.8 Å². The van der Waals surface area contributed by atoms with Crippen molar-refractivity contribution in [2.75, 3.05) is 18.4 Å². The van der Waals surface area contributed by atoms with Crippen molar-refractivity contribution in [3.8, 4) is 0 Å². The molecule has 0 fully saturated rings. The first kappa shape index (κ1) is 19.6. The second kappa shape index (κ2) is 9.09. The van der Waals surface area contributed by atoms with Gasteiger partial charge in [-0.2, -0.15) is 0 Å². The predicted octanol–water partition coefficient (Wildman–Crippen LogP) is 4.68. The second-order valence-electron chi connectivity index (χ2n) is 5.49. The topological polar surface area (TPSA) is 49.4 Å². The Kier molecular flexibility index (Phi) is 7.12. The van der Waals surface area contributed by atoms with Crippen LogP contribution in [0.5, 0.6) is 0 Å². The van der Waals surface area contributed by atoms with Gasteiger partial charge < -0.3 is 10.2 Å². The summed E-state index contributed by atoms with van der Waals surface area (Å²) >= 11 is 17.6. The maximum Gasteiger partial charge on any atom is 0.243 e. The first-order chi connectivity index (χ1) is 11.8. The fourth-order valence-corrected chi connectivity index (χ4v) is 2.63. The molecular weight excluding hydrogens is 383 g/mol. The maximum atomic E-state index is 12.2. The van der Waals surface area contributed by atoms with E-state index in [0.717, 1.165) is 5.56 Å². The molecule has 0 heterocycles. The van der Waals surface area contributed by atoms with Gasteiger partial charge in [0.15, 0.2) is 0 Å². The molecule has 0 aromatic heterocycles. The molecule has 4 nitrogen and oxygen atoms in total. The lowest BCUT2D eigenvalue weighted by atomic mass is 10.1. The normalized spacial score (nSPS) is 10.4. The van der Waals surface area contributed by atoms with Gasteiger partial charge in [-0.15, -0.1) is 0 Å². The quantitative estimate of drug-likeness (QED) is 0.767. The van der Waals surface area contributed by atoms with E-state index in [-0.39, 0.29) is 18.4 Å². The fraction of sp³-hybridized carbons (Fsp3) is 0.222. The van der Waals surface area contributed by atoms with Crippen LogP contribution in [0.4, 0.5) is 5.69 Å². The van der Waals surface area contributed by atoms with Gasteiger partial charge in [0, 0.05) is 24.2 Å². The van der Waals surface area contributed by atoms with E-state index in [1.807, 2.05) is 12.1 Å². The Balaban J connectivity index is 1.93.